The van der Waals surface area contributed by atoms with Crippen molar-refractivity contribution in [1.29, 1.82) is 0 Å². The summed E-state index contributed by atoms with van der Waals surface area (Å²) < 4.78 is 22.3. The third kappa shape index (κ3) is 5.94. The molecule has 1 heterocycles. The van der Waals surface area contributed by atoms with Crippen LogP contribution in [0.4, 0.5) is 0 Å². The van der Waals surface area contributed by atoms with Gasteiger partial charge in [0.2, 0.25) is 0 Å². The number of benzene rings is 1. The first-order valence-electron chi connectivity index (χ1n) is 8.30. The lowest BCUT2D eigenvalue weighted by atomic mass is 10.2. The average molecular weight is 322 g/mol. The third-order valence-corrected chi connectivity index (χ3v) is 3.72. The van der Waals surface area contributed by atoms with E-state index in [0.29, 0.717) is 19.8 Å². The number of hydrogen-bond acceptors (Lipinski definition) is 5. The Bertz CT molecular complexity index is 456. The van der Waals surface area contributed by atoms with E-state index >= 15 is 0 Å². The summed E-state index contributed by atoms with van der Waals surface area (Å²) in [5, 5.41) is 0. The van der Waals surface area contributed by atoms with Crippen LogP contribution >= 0.6 is 0 Å². The lowest BCUT2D eigenvalue weighted by Crippen LogP contribution is -2.41. The van der Waals surface area contributed by atoms with Crippen LogP contribution in [0.5, 0.6) is 0 Å². The van der Waals surface area contributed by atoms with Crippen LogP contribution in [0.1, 0.15) is 38.7 Å². The Balaban J connectivity index is 1.93. The number of carbonyl (C=O) groups is 1. The summed E-state index contributed by atoms with van der Waals surface area (Å²) in [6.07, 6.45) is 1.52. The summed E-state index contributed by atoms with van der Waals surface area (Å²) in [5.74, 6) is -0.397. The molecule has 1 aliphatic rings. The summed E-state index contributed by atoms with van der Waals surface area (Å²) in [4.78, 5) is 12.2. The first-order valence-corrected chi connectivity index (χ1v) is 8.30. The minimum absolute atomic E-state index is 0.268. The van der Waals surface area contributed by atoms with Crippen molar-refractivity contribution >= 4 is 5.97 Å². The molecule has 128 valence electrons. The number of esters is 1. The average Bonchev–Trinajstić information content (AvgIpc) is 2.57. The Morgan fingerprint density at radius 1 is 1.30 bits per heavy atom. The van der Waals surface area contributed by atoms with E-state index < -0.39 is 18.2 Å². The normalized spacial score (nSPS) is 20.7. The summed E-state index contributed by atoms with van der Waals surface area (Å²) in [6, 6.07) is 9.73. The lowest BCUT2D eigenvalue weighted by Gasteiger charge is -2.29. The number of carbonyl (C=O) groups excluding carboxylic acids is 1. The van der Waals surface area contributed by atoms with Gasteiger partial charge in [-0.25, -0.2) is 4.79 Å². The van der Waals surface area contributed by atoms with Crippen molar-refractivity contribution in [2.75, 3.05) is 13.2 Å². The summed E-state index contributed by atoms with van der Waals surface area (Å²) in [7, 11) is 0. The molecule has 0 radical (unpaired) electrons. The van der Waals surface area contributed by atoms with Gasteiger partial charge in [-0.3, -0.25) is 0 Å². The highest BCUT2D eigenvalue weighted by Crippen LogP contribution is 2.19. The van der Waals surface area contributed by atoms with Crippen molar-refractivity contribution in [3.05, 3.63) is 35.9 Å². The minimum Gasteiger partial charge on any atom is -0.464 e. The Hall–Kier alpha value is -1.43. The second-order valence-corrected chi connectivity index (χ2v) is 5.61. The quantitative estimate of drug-likeness (QED) is 0.689. The van der Waals surface area contributed by atoms with Gasteiger partial charge in [0.05, 0.1) is 19.3 Å². The highest BCUT2D eigenvalue weighted by molar-refractivity contribution is 5.75. The Morgan fingerprint density at radius 3 is 2.74 bits per heavy atom. The molecule has 0 aliphatic carbocycles. The predicted octanol–water partition coefficient (Wildman–Crippen LogP) is 3.07. The van der Waals surface area contributed by atoms with Gasteiger partial charge in [0.1, 0.15) is 0 Å². The second-order valence-electron chi connectivity index (χ2n) is 5.61. The van der Waals surface area contributed by atoms with Gasteiger partial charge in [-0.2, -0.15) is 0 Å². The molecule has 1 aliphatic heterocycles. The largest absolute Gasteiger partial charge is 0.464 e. The fraction of sp³-hybridized carbons (Fsp3) is 0.611. The van der Waals surface area contributed by atoms with Gasteiger partial charge in [-0.1, -0.05) is 30.3 Å². The van der Waals surface area contributed by atoms with Crippen LogP contribution in [0.2, 0.25) is 0 Å². The maximum atomic E-state index is 12.2. The maximum absolute atomic E-state index is 12.2. The first kappa shape index (κ1) is 17.9. The molecule has 1 saturated heterocycles. The zero-order chi connectivity index (χ0) is 16.5. The van der Waals surface area contributed by atoms with Gasteiger partial charge in [-0.05, 0) is 38.7 Å². The molecule has 1 aromatic carbocycles. The van der Waals surface area contributed by atoms with Gasteiger partial charge >= 0.3 is 5.97 Å². The summed E-state index contributed by atoms with van der Waals surface area (Å²) in [6.45, 7) is 4.96. The molecule has 3 atom stereocenters. The number of hydrogen-bond donors (Lipinski definition) is 0. The predicted molar refractivity (Wildman–Crippen MR) is 85.8 cm³/mol. The van der Waals surface area contributed by atoms with Crippen molar-refractivity contribution in [3.63, 3.8) is 0 Å². The number of ether oxygens (including phenoxy) is 4. The van der Waals surface area contributed by atoms with E-state index in [1.165, 1.54) is 0 Å². The van der Waals surface area contributed by atoms with E-state index in [2.05, 4.69) is 0 Å². The molecular weight excluding hydrogens is 296 g/mol. The smallest absolute Gasteiger partial charge is 0.337 e. The zero-order valence-electron chi connectivity index (χ0n) is 13.9. The highest BCUT2D eigenvalue weighted by atomic mass is 16.7. The standard InChI is InChI=1S/C18H26O5/c1-3-20-18(19)17(22-13-15-9-5-4-6-10-15)14(2)23-16-11-7-8-12-21-16/h4-6,9-10,14,16-17H,3,7-8,11-13H2,1-2H3. The molecule has 2 rings (SSSR count). The first-order chi connectivity index (χ1) is 11.2. The molecule has 0 N–H and O–H groups in total. The molecule has 0 amide bonds. The molecule has 0 bridgehead atoms. The van der Waals surface area contributed by atoms with Crippen molar-refractivity contribution in [3.8, 4) is 0 Å². The van der Waals surface area contributed by atoms with Crippen LogP contribution in [0.15, 0.2) is 30.3 Å². The molecule has 5 nitrogen and oxygen atoms in total. The maximum Gasteiger partial charge on any atom is 0.337 e. The van der Waals surface area contributed by atoms with Crippen molar-refractivity contribution in [2.45, 2.75) is 58.2 Å². The van der Waals surface area contributed by atoms with E-state index in [1.54, 1.807) is 6.92 Å². The molecule has 1 aromatic rings. The van der Waals surface area contributed by atoms with Crippen LogP contribution < -0.4 is 0 Å². The molecule has 0 saturated carbocycles. The Kier molecular flexibility index (Phi) is 7.52. The highest BCUT2D eigenvalue weighted by Gasteiger charge is 2.31. The van der Waals surface area contributed by atoms with Crippen LogP contribution in [0, 0.1) is 0 Å². The van der Waals surface area contributed by atoms with Crippen molar-refractivity contribution < 1.29 is 23.7 Å². The monoisotopic (exact) mass is 322 g/mol. The Morgan fingerprint density at radius 2 is 2.09 bits per heavy atom. The molecule has 23 heavy (non-hydrogen) atoms. The molecule has 0 spiro atoms. The molecule has 1 fully saturated rings. The van der Waals surface area contributed by atoms with Gasteiger partial charge in [0.15, 0.2) is 12.4 Å². The SMILES string of the molecule is CCOC(=O)C(OCc1ccccc1)C(C)OC1CCCCO1. The van der Waals surface area contributed by atoms with E-state index in [1.807, 2.05) is 37.3 Å². The minimum atomic E-state index is -0.763. The van der Waals surface area contributed by atoms with E-state index in [4.69, 9.17) is 18.9 Å². The van der Waals surface area contributed by atoms with Crippen LogP contribution in [0.3, 0.4) is 0 Å². The number of rotatable bonds is 8. The van der Waals surface area contributed by atoms with E-state index in [-0.39, 0.29) is 6.29 Å². The fourth-order valence-electron chi connectivity index (χ4n) is 2.51. The molecular formula is C18H26O5. The van der Waals surface area contributed by atoms with Crippen LogP contribution in [-0.2, 0) is 30.3 Å². The topological polar surface area (TPSA) is 54.0 Å². The van der Waals surface area contributed by atoms with Crippen molar-refractivity contribution in [1.82, 2.24) is 0 Å². The molecule has 5 heteroatoms. The zero-order valence-corrected chi connectivity index (χ0v) is 13.9. The van der Waals surface area contributed by atoms with Gasteiger partial charge in [0, 0.05) is 6.61 Å². The van der Waals surface area contributed by atoms with Crippen molar-refractivity contribution in [2.24, 2.45) is 0 Å². The molecule has 3 unspecified atom stereocenters. The summed E-state index contributed by atoms with van der Waals surface area (Å²) in [5.41, 5.74) is 1.00. The Labute approximate surface area is 137 Å². The van der Waals surface area contributed by atoms with Gasteiger partial charge < -0.3 is 18.9 Å². The van der Waals surface area contributed by atoms with E-state index in [9.17, 15) is 4.79 Å². The third-order valence-electron chi connectivity index (χ3n) is 3.72. The fourth-order valence-corrected chi connectivity index (χ4v) is 2.51. The molecule has 0 aromatic heterocycles. The second kappa shape index (κ2) is 9.65. The van der Waals surface area contributed by atoms with Gasteiger partial charge in [0.25, 0.3) is 0 Å². The van der Waals surface area contributed by atoms with Crippen LogP contribution in [-0.4, -0.2) is 37.7 Å². The van der Waals surface area contributed by atoms with Gasteiger partial charge in [-0.15, -0.1) is 0 Å². The van der Waals surface area contributed by atoms with E-state index in [0.717, 1.165) is 24.8 Å². The lowest BCUT2D eigenvalue weighted by molar-refractivity contribution is -0.215. The summed E-state index contributed by atoms with van der Waals surface area (Å²) >= 11 is 0. The van der Waals surface area contributed by atoms with Crippen LogP contribution in [0.25, 0.3) is 0 Å².